The van der Waals surface area contributed by atoms with Gasteiger partial charge in [0.05, 0.1) is 40.0 Å². The van der Waals surface area contributed by atoms with Crippen LogP contribution >= 0.6 is 0 Å². The first kappa shape index (κ1) is 45.4. The van der Waals surface area contributed by atoms with E-state index < -0.39 is 0 Å². The summed E-state index contributed by atoms with van der Waals surface area (Å²) in [4.78, 5) is 2.23. The van der Waals surface area contributed by atoms with E-state index >= 15 is 0 Å². The molecule has 0 unspecified atom stereocenters. The Bertz CT molecular complexity index is 2820. The van der Waals surface area contributed by atoms with E-state index in [1.807, 2.05) is 84.9 Å². The van der Waals surface area contributed by atoms with Gasteiger partial charge < -0.3 is 24.1 Å². The number of nitrogens with zero attached hydrogens (tertiary/aromatic N) is 3. The summed E-state index contributed by atoms with van der Waals surface area (Å²) in [5, 5.41) is 28.6. The summed E-state index contributed by atoms with van der Waals surface area (Å²) >= 11 is 0. The number of aromatic hydroxyl groups is 2. The van der Waals surface area contributed by atoms with Crippen LogP contribution in [-0.2, 0) is 39.5 Å². The largest absolute Gasteiger partial charge is 3.00 e. The molecule has 0 atom stereocenters. The Morgan fingerprint density at radius 3 is 1.08 bits per heavy atom. The summed E-state index contributed by atoms with van der Waals surface area (Å²) in [7, 11) is 1.70. The Kier molecular flexibility index (Phi) is 14.7. The van der Waals surface area contributed by atoms with E-state index in [1.165, 1.54) is 0 Å². The first-order valence-corrected chi connectivity index (χ1v) is 21.3. The Morgan fingerprint density at radius 1 is 0.469 bits per heavy atom. The maximum absolute atomic E-state index is 12.0. The van der Waals surface area contributed by atoms with E-state index in [9.17, 15) is 10.2 Å². The van der Waals surface area contributed by atoms with E-state index in [1.54, 1.807) is 7.11 Å². The summed E-state index contributed by atoms with van der Waals surface area (Å²) in [5.74, 6) is 0.498. The number of hydrogen-bond acceptors (Lipinski definition) is 4. The number of aryl methyl sites for hydroxylation is 2. The average Bonchev–Trinajstić information content (AvgIpc) is 3.82. The van der Waals surface area contributed by atoms with Gasteiger partial charge in [-0.3, -0.25) is 4.90 Å². The third-order valence-corrected chi connectivity index (χ3v) is 11.4. The number of rotatable bonds is 9. The zero-order valence-electron chi connectivity index (χ0n) is 36.7. The fourth-order valence-electron chi connectivity index (χ4n) is 8.49. The van der Waals surface area contributed by atoms with Crippen LogP contribution in [0, 0.1) is 27.7 Å². The molecule has 0 saturated heterocycles. The normalized spacial score (nSPS) is 11.0. The Balaban J connectivity index is 0.000000348. The average molecular weight is 876 g/mol. The van der Waals surface area contributed by atoms with Crippen molar-refractivity contribution in [2.75, 3.05) is 20.3 Å². The van der Waals surface area contributed by atoms with E-state index in [2.05, 4.69) is 139 Å². The second-order valence-electron chi connectivity index (χ2n) is 16.0. The number of phenolic OH excluding ortho intramolecular Hbond substituents is 2. The molecule has 2 aromatic heterocycles. The van der Waals surface area contributed by atoms with Crippen LogP contribution in [0.3, 0.4) is 0 Å². The summed E-state index contributed by atoms with van der Waals surface area (Å²) in [6, 6.07) is 61.4. The molecule has 2 heterocycles. The van der Waals surface area contributed by atoms with Crippen LogP contribution < -0.4 is 0 Å². The van der Waals surface area contributed by atoms with Crippen LogP contribution in [0.1, 0.15) is 33.4 Å². The number of hydrogen-bond donors (Lipinski definition) is 2. The zero-order chi connectivity index (χ0) is 43.9. The monoisotopic (exact) mass is 875 g/mol. The smallest absolute Gasteiger partial charge is 0.505 e. The van der Waals surface area contributed by atoms with E-state index in [4.69, 9.17) is 4.74 Å². The van der Waals surface area contributed by atoms with E-state index in [0.29, 0.717) is 26.2 Å². The third kappa shape index (κ3) is 9.77. The second-order valence-corrected chi connectivity index (χ2v) is 16.0. The van der Waals surface area contributed by atoms with Gasteiger partial charge in [0.2, 0.25) is 0 Å². The molecule has 0 aliphatic carbocycles. The molecular formula is C57H53N3O3Ti+. The molecule has 7 heteroatoms. The molecule has 0 aliphatic rings. The number of fused-ring (bicyclic) bond motifs is 6. The van der Waals surface area contributed by atoms with Crippen molar-refractivity contribution in [3.05, 3.63) is 229 Å². The van der Waals surface area contributed by atoms with Crippen molar-refractivity contribution in [3.63, 3.8) is 0 Å². The Morgan fingerprint density at radius 2 is 0.781 bits per heavy atom. The molecule has 64 heavy (non-hydrogen) atoms. The van der Waals surface area contributed by atoms with E-state index in [-0.39, 0.29) is 33.2 Å². The number of para-hydroxylation sites is 4. The van der Waals surface area contributed by atoms with Crippen molar-refractivity contribution in [1.82, 2.24) is 14.0 Å². The molecule has 1 radical (unpaired) electrons. The Labute approximate surface area is 391 Å². The van der Waals surface area contributed by atoms with Crippen LogP contribution in [-0.4, -0.2) is 44.5 Å². The minimum Gasteiger partial charge on any atom is -0.505 e. The molecule has 0 spiro atoms. The molecule has 6 nitrogen and oxygen atoms in total. The van der Waals surface area contributed by atoms with Gasteiger partial charge in [0.1, 0.15) is 11.5 Å². The van der Waals surface area contributed by atoms with Gasteiger partial charge in [0, 0.05) is 59.4 Å². The fraction of sp³-hybridized carbons (Fsp3) is 0.123. The van der Waals surface area contributed by atoms with Gasteiger partial charge in [-0.15, -0.1) is 24.3 Å². The standard InChI is InChI=1S/C43H39N3O3.2C7H7.Ti/c1-28-22-30(42(47)40(24-28)45-36-16-8-4-12-32(36)33-13-5-9-17-37(33)45)26-44(20-21-49-3)27-31-23-29(2)25-41(43(31)48)46-38-18-10-6-14-34(38)35-15-7-11-19-39(35)46;2*1-7-5-3-2-4-6-7;/h4-19,22-25,47-48H,20-21,26-27H2,1-3H3;2*2-6H,1H2;/q;2*-1;+3. The predicted molar refractivity (Wildman–Crippen MR) is 262 cm³/mol. The van der Waals surface area contributed by atoms with Crippen LogP contribution in [0.15, 0.2) is 182 Å². The number of benzene rings is 8. The SMILES string of the molecule is COCCN(Cc1cc(C)cc(-n2c3ccccc3c3ccccc32)c1O)Cc1cc(C)cc(-n2c3ccccc3c3ccccc32)c1O.[CH2-]c1ccccc1.[CH2-]c1ccccc1.[Ti+3]. The maximum atomic E-state index is 12.0. The maximum Gasteiger partial charge on any atom is 3.00 e. The fourth-order valence-corrected chi connectivity index (χ4v) is 8.49. The van der Waals surface area contributed by atoms with Gasteiger partial charge in [-0.25, -0.2) is 0 Å². The minimum absolute atomic E-state index is 0. The number of aromatic nitrogens is 2. The summed E-state index contributed by atoms with van der Waals surface area (Å²) < 4.78 is 9.87. The predicted octanol–water partition coefficient (Wildman–Crippen LogP) is 13.3. The van der Waals surface area contributed by atoms with Gasteiger partial charge in [0.15, 0.2) is 0 Å². The molecule has 0 amide bonds. The van der Waals surface area contributed by atoms with Crippen LogP contribution in [0.4, 0.5) is 0 Å². The second kappa shape index (κ2) is 20.7. The number of methoxy groups -OCH3 is 1. The molecule has 0 aliphatic heterocycles. The summed E-state index contributed by atoms with van der Waals surface area (Å²) in [6.45, 7) is 13.7. The van der Waals surface area contributed by atoms with Crippen LogP contribution in [0.25, 0.3) is 55.0 Å². The van der Waals surface area contributed by atoms with Crippen LogP contribution in [0.2, 0.25) is 0 Å². The van der Waals surface area contributed by atoms with Gasteiger partial charge >= 0.3 is 21.7 Å². The van der Waals surface area contributed by atoms with Crippen molar-refractivity contribution in [1.29, 1.82) is 0 Å². The molecule has 8 aromatic carbocycles. The molecule has 0 fully saturated rings. The van der Waals surface area contributed by atoms with Crippen molar-refractivity contribution in [3.8, 4) is 22.9 Å². The van der Waals surface area contributed by atoms with Gasteiger partial charge in [-0.05, 0) is 61.4 Å². The first-order chi connectivity index (χ1) is 30.7. The summed E-state index contributed by atoms with van der Waals surface area (Å²) in [6.07, 6.45) is 0. The topological polar surface area (TPSA) is 62.8 Å². The third-order valence-electron chi connectivity index (χ3n) is 11.4. The van der Waals surface area contributed by atoms with Crippen molar-refractivity contribution >= 4 is 43.6 Å². The zero-order valence-corrected chi connectivity index (χ0v) is 38.3. The minimum atomic E-state index is 0. The van der Waals surface area contributed by atoms with E-state index in [0.717, 1.165) is 88.4 Å². The van der Waals surface area contributed by atoms with Gasteiger partial charge in [-0.2, -0.15) is 49.2 Å². The first-order valence-electron chi connectivity index (χ1n) is 21.3. The van der Waals surface area contributed by atoms with Gasteiger partial charge in [-0.1, -0.05) is 97.1 Å². The number of ether oxygens (including phenoxy) is 1. The molecular weight excluding hydrogens is 823 g/mol. The molecule has 2 N–H and O–H groups in total. The Hall–Kier alpha value is -6.67. The molecule has 0 saturated carbocycles. The van der Waals surface area contributed by atoms with Crippen molar-refractivity contribution < 1.29 is 36.7 Å². The molecule has 0 bridgehead atoms. The molecule has 10 rings (SSSR count). The van der Waals surface area contributed by atoms with Crippen molar-refractivity contribution in [2.24, 2.45) is 0 Å². The number of phenols is 2. The van der Waals surface area contributed by atoms with Gasteiger partial charge in [0.25, 0.3) is 0 Å². The quantitative estimate of drug-likeness (QED) is 0.112. The molecule has 317 valence electrons. The summed E-state index contributed by atoms with van der Waals surface area (Å²) in [5.41, 5.74) is 11.6. The molecule has 10 aromatic rings. The van der Waals surface area contributed by atoms with Crippen molar-refractivity contribution in [2.45, 2.75) is 26.9 Å². The van der Waals surface area contributed by atoms with Crippen LogP contribution in [0.5, 0.6) is 11.5 Å².